The third-order valence-corrected chi connectivity index (χ3v) is 8.91. The van der Waals surface area contributed by atoms with Crippen LogP contribution in [0.5, 0.6) is 11.5 Å². The number of nitrogens with zero attached hydrogens (tertiary/aromatic N) is 4. The topological polar surface area (TPSA) is 89.4 Å². The fourth-order valence-corrected chi connectivity index (χ4v) is 6.70. The number of nitrogens with one attached hydrogen (secondary N) is 1. The minimum absolute atomic E-state index is 0.0293. The van der Waals surface area contributed by atoms with Crippen LogP contribution >= 0.6 is 11.8 Å². The van der Waals surface area contributed by atoms with Crippen LogP contribution in [0.2, 0.25) is 0 Å². The van der Waals surface area contributed by atoms with Crippen molar-refractivity contribution in [2.75, 3.05) is 31.9 Å². The molecular weight excluding hydrogens is 553 g/mol. The van der Waals surface area contributed by atoms with Crippen molar-refractivity contribution in [3.63, 3.8) is 0 Å². The lowest BCUT2D eigenvalue weighted by Gasteiger charge is -2.26. The second kappa shape index (κ2) is 11.2. The summed E-state index contributed by atoms with van der Waals surface area (Å²) in [5.41, 5.74) is 1.37. The number of amides is 1. The van der Waals surface area contributed by atoms with Crippen molar-refractivity contribution in [1.29, 1.82) is 0 Å². The standard InChI is InChI=1S/C32H28FN5O3S/c33-25-17-23-28-30(31(25)42-14-7-22-18-34-8-9-35-22)41-27-16-21-6-2-1-5-20(21)15-26(27)38(28)19-24(29(23)39)32(40)36-10-13-37-11-3-4-12-37/h1-2,5-6,8-9,15-19H,3-4,7,10-14H2,(H,36,40). The lowest BCUT2D eigenvalue weighted by molar-refractivity contribution is 0.0948. The number of benzene rings is 3. The Balaban J connectivity index is 1.32. The quantitative estimate of drug-likeness (QED) is 0.243. The average Bonchev–Trinajstić information content (AvgIpc) is 3.53. The number of aryl methyl sites for hydroxylation is 1. The molecule has 0 saturated carbocycles. The highest BCUT2D eigenvalue weighted by molar-refractivity contribution is 7.99. The van der Waals surface area contributed by atoms with E-state index in [1.807, 2.05) is 36.4 Å². The van der Waals surface area contributed by atoms with E-state index in [2.05, 4.69) is 20.2 Å². The SMILES string of the molecule is O=C(NCCN1CCCC1)c1cn2c3c(c(SCCc4cnccn4)c(F)cc3c1=O)Oc1cc3ccccc3cc1-2. The van der Waals surface area contributed by atoms with E-state index in [0.29, 0.717) is 40.6 Å². The minimum atomic E-state index is -0.568. The molecule has 0 atom stereocenters. The Hall–Kier alpha value is -4.28. The zero-order valence-corrected chi connectivity index (χ0v) is 23.6. The number of hydrogen-bond donors (Lipinski definition) is 1. The summed E-state index contributed by atoms with van der Waals surface area (Å²) < 4.78 is 24.0. The van der Waals surface area contributed by atoms with Gasteiger partial charge in [-0.3, -0.25) is 19.6 Å². The van der Waals surface area contributed by atoms with E-state index in [9.17, 15) is 9.59 Å². The predicted octanol–water partition coefficient (Wildman–Crippen LogP) is 5.34. The van der Waals surface area contributed by atoms with Crippen molar-refractivity contribution in [3.05, 3.63) is 94.5 Å². The molecule has 2 aliphatic rings. The number of hydrogen-bond acceptors (Lipinski definition) is 7. The molecule has 8 nitrogen and oxygen atoms in total. The van der Waals surface area contributed by atoms with Crippen LogP contribution in [0.4, 0.5) is 4.39 Å². The predicted molar refractivity (Wildman–Crippen MR) is 162 cm³/mol. The molecule has 7 rings (SSSR count). The first-order chi connectivity index (χ1) is 20.6. The van der Waals surface area contributed by atoms with Crippen LogP contribution in [-0.2, 0) is 6.42 Å². The Bertz CT molecular complexity index is 1890. The molecule has 4 heterocycles. The first kappa shape index (κ1) is 26.6. The van der Waals surface area contributed by atoms with Gasteiger partial charge in [0.1, 0.15) is 16.9 Å². The van der Waals surface area contributed by atoms with E-state index in [4.69, 9.17) is 4.74 Å². The summed E-state index contributed by atoms with van der Waals surface area (Å²) in [7, 11) is 0. The number of carbonyl (C=O) groups is 1. The van der Waals surface area contributed by atoms with Crippen LogP contribution in [0.15, 0.2) is 76.9 Å². The average molecular weight is 582 g/mol. The highest BCUT2D eigenvalue weighted by Crippen LogP contribution is 2.47. The molecule has 1 saturated heterocycles. The van der Waals surface area contributed by atoms with E-state index in [0.717, 1.165) is 48.9 Å². The fourth-order valence-electron chi connectivity index (χ4n) is 5.72. The Morgan fingerprint density at radius 2 is 1.90 bits per heavy atom. The number of thioether (sulfide) groups is 1. The first-order valence-corrected chi connectivity index (χ1v) is 15.1. The Labute approximate surface area is 245 Å². The molecule has 0 spiro atoms. The summed E-state index contributed by atoms with van der Waals surface area (Å²) in [6.07, 6.45) is 9.40. The molecule has 2 aliphatic heterocycles. The van der Waals surface area contributed by atoms with Gasteiger partial charge in [-0.1, -0.05) is 24.3 Å². The minimum Gasteiger partial charge on any atom is -0.452 e. The second-order valence-electron chi connectivity index (χ2n) is 10.5. The summed E-state index contributed by atoms with van der Waals surface area (Å²) in [5.74, 6) is 0.288. The summed E-state index contributed by atoms with van der Waals surface area (Å²) in [6.45, 7) is 3.20. The number of fused-ring (bicyclic) bond motifs is 3. The highest BCUT2D eigenvalue weighted by Gasteiger charge is 2.29. The number of aromatic nitrogens is 3. The maximum atomic E-state index is 15.8. The summed E-state index contributed by atoms with van der Waals surface area (Å²) in [6, 6.07) is 13.0. The van der Waals surface area contributed by atoms with Gasteiger partial charge in [-0.2, -0.15) is 0 Å². The number of ether oxygens (including phenoxy) is 1. The number of rotatable bonds is 8. The molecule has 1 amide bonds. The molecule has 5 aromatic rings. The maximum absolute atomic E-state index is 15.8. The van der Waals surface area contributed by atoms with Gasteiger partial charge in [-0.25, -0.2) is 4.39 Å². The zero-order chi connectivity index (χ0) is 28.6. The Kier molecular flexibility index (Phi) is 7.09. The molecule has 10 heteroatoms. The molecule has 3 aromatic carbocycles. The van der Waals surface area contributed by atoms with Gasteiger partial charge < -0.3 is 19.5 Å². The number of pyridine rings is 1. The van der Waals surface area contributed by atoms with Crippen LogP contribution in [0.1, 0.15) is 28.9 Å². The van der Waals surface area contributed by atoms with E-state index < -0.39 is 17.2 Å². The van der Waals surface area contributed by atoms with Gasteiger partial charge in [0.05, 0.1) is 21.7 Å². The monoisotopic (exact) mass is 581 g/mol. The lowest BCUT2D eigenvalue weighted by Crippen LogP contribution is -2.36. The van der Waals surface area contributed by atoms with E-state index in [-0.39, 0.29) is 16.7 Å². The maximum Gasteiger partial charge on any atom is 0.256 e. The van der Waals surface area contributed by atoms with Gasteiger partial charge in [-0.05, 0) is 54.9 Å². The van der Waals surface area contributed by atoms with E-state index >= 15 is 4.39 Å². The Morgan fingerprint density at radius 1 is 1.10 bits per heavy atom. The van der Waals surface area contributed by atoms with Crippen molar-refractivity contribution in [2.45, 2.75) is 24.2 Å². The molecule has 212 valence electrons. The van der Waals surface area contributed by atoms with E-state index in [1.54, 1.807) is 29.4 Å². The number of halogens is 1. The normalized spacial score (nSPS) is 14.2. The summed E-state index contributed by atoms with van der Waals surface area (Å²) >= 11 is 1.30. The first-order valence-electron chi connectivity index (χ1n) is 14.1. The van der Waals surface area contributed by atoms with Crippen molar-refractivity contribution in [1.82, 2.24) is 24.8 Å². The Morgan fingerprint density at radius 3 is 2.69 bits per heavy atom. The van der Waals surface area contributed by atoms with Gasteiger partial charge in [0.25, 0.3) is 5.91 Å². The van der Waals surface area contributed by atoms with Crippen LogP contribution in [0, 0.1) is 5.82 Å². The number of carbonyl (C=O) groups excluding carboxylic acids is 1. The zero-order valence-electron chi connectivity index (χ0n) is 22.8. The van der Waals surface area contributed by atoms with Gasteiger partial charge >= 0.3 is 0 Å². The molecule has 1 N–H and O–H groups in total. The molecule has 0 unspecified atom stereocenters. The summed E-state index contributed by atoms with van der Waals surface area (Å²) in [4.78, 5) is 38.0. The smallest absolute Gasteiger partial charge is 0.256 e. The molecule has 42 heavy (non-hydrogen) atoms. The van der Waals surface area contributed by atoms with Crippen molar-refractivity contribution in [2.24, 2.45) is 0 Å². The third-order valence-electron chi connectivity index (χ3n) is 7.83. The van der Waals surface area contributed by atoms with Crippen LogP contribution in [0.3, 0.4) is 0 Å². The van der Waals surface area contributed by atoms with Crippen molar-refractivity contribution < 1.29 is 13.9 Å². The van der Waals surface area contributed by atoms with Gasteiger partial charge in [-0.15, -0.1) is 11.8 Å². The van der Waals surface area contributed by atoms with Crippen LogP contribution in [0.25, 0.3) is 27.4 Å². The molecular formula is C32H28FN5O3S. The fraction of sp³-hybridized carbons (Fsp3) is 0.250. The van der Waals surface area contributed by atoms with Crippen molar-refractivity contribution in [3.8, 4) is 17.2 Å². The van der Waals surface area contributed by atoms with Gasteiger partial charge in [0.15, 0.2) is 11.5 Å². The van der Waals surface area contributed by atoms with Gasteiger partial charge in [0, 0.05) is 50.1 Å². The third kappa shape index (κ3) is 4.90. The van der Waals surface area contributed by atoms with Gasteiger partial charge in [0.2, 0.25) is 5.43 Å². The molecule has 0 aliphatic carbocycles. The second-order valence-corrected chi connectivity index (χ2v) is 11.6. The van der Waals surface area contributed by atoms with Crippen LogP contribution in [-0.4, -0.2) is 57.3 Å². The lowest BCUT2D eigenvalue weighted by atomic mass is 10.0. The molecule has 0 bridgehead atoms. The molecule has 2 aromatic heterocycles. The molecule has 1 fully saturated rings. The highest BCUT2D eigenvalue weighted by atomic mass is 32.2. The number of likely N-dealkylation sites (tertiary alicyclic amines) is 1. The van der Waals surface area contributed by atoms with Crippen LogP contribution < -0.4 is 15.5 Å². The van der Waals surface area contributed by atoms with Crippen molar-refractivity contribution >= 4 is 39.3 Å². The largest absolute Gasteiger partial charge is 0.452 e. The molecule has 0 radical (unpaired) electrons. The van der Waals surface area contributed by atoms with E-state index in [1.165, 1.54) is 17.8 Å². The summed E-state index contributed by atoms with van der Waals surface area (Å²) in [5, 5.41) is 4.95.